The second kappa shape index (κ2) is 8.78. The van der Waals surface area contributed by atoms with E-state index in [0.717, 1.165) is 51.9 Å². The van der Waals surface area contributed by atoms with Crippen molar-refractivity contribution in [2.45, 2.75) is 24.3 Å². The second-order valence-corrected chi connectivity index (χ2v) is 10.2. The zero-order valence-corrected chi connectivity index (χ0v) is 21.5. The number of aromatic nitrogens is 2. The number of fused-ring (bicyclic) bond motifs is 3. The van der Waals surface area contributed by atoms with E-state index in [-0.39, 0.29) is 11.8 Å². The molecular weight excluding hydrogens is 464 g/mol. The molecule has 1 unspecified atom stereocenters. The van der Waals surface area contributed by atoms with Crippen molar-refractivity contribution < 1.29 is 14.3 Å². The van der Waals surface area contributed by atoms with Crippen LogP contribution in [0.1, 0.15) is 40.3 Å². The van der Waals surface area contributed by atoms with Crippen LogP contribution in [0.3, 0.4) is 0 Å². The van der Waals surface area contributed by atoms with Gasteiger partial charge in [-0.05, 0) is 61.0 Å². The first-order valence-corrected chi connectivity index (χ1v) is 12.4. The fraction of sp³-hybridized carbons (Fsp3) is 0.267. The van der Waals surface area contributed by atoms with Gasteiger partial charge >= 0.3 is 0 Å². The summed E-state index contributed by atoms with van der Waals surface area (Å²) in [6.07, 6.45) is 4.89. The van der Waals surface area contributed by atoms with Crippen molar-refractivity contribution in [2.24, 2.45) is 0 Å². The molecule has 2 heterocycles. The second-order valence-electron chi connectivity index (χ2n) is 10.2. The number of nitrogens with zero attached hydrogens (tertiary/aromatic N) is 2. The normalized spacial score (nSPS) is 20.1. The van der Waals surface area contributed by atoms with Crippen LogP contribution in [0.5, 0.6) is 11.5 Å². The van der Waals surface area contributed by atoms with Gasteiger partial charge in [-0.2, -0.15) is 5.10 Å². The molecule has 1 aromatic heterocycles. The third kappa shape index (κ3) is 3.86. The van der Waals surface area contributed by atoms with E-state index in [1.165, 1.54) is 5.56 Å². The summed E-state index contributed by atoms with van der Waals surface area (Å²) >= 11 is 0. The SMILES string of the molecule is COc1cc2c(cc1OC)C1(C[C@H]1c1ccc3c(/C=C/c4ccc(CN(C)C)cc4)n[nH]c3c1)C(=O)N2. The number of rotatable bonds is 7. The summed E-state index contributed by atoms with van der Waals surface area (Å²) in [6.45, 7) is 0.924. The smallest absolute Gasteiger partial charge is 0.235 e. The van der Waals surface area contributed by atoms with E-state index in [1.54, 1.807) is 14.2 Å². The lowest BCUT2D eigenvalue weighted by atomic mass is 9.91. The number of aromatic amines is 1. The molecule has 1 amide bonds. The molecule has 0 bridgehead atoms. The molecule has 7 heteroatoms. The Morgan fingerprint density at radius 2 is 1.78 bits per heavy atom. The average Bonchev–Trinajstić information content (AvgIpc) is 3.44. The van der Waals surface area contributed by atoms with Crippen LogP contribution in [0.25, 0.3) is 23.1 Å². The number of carbonyl (C=O) groups excluding carboxylic acids is 1. The Kier molecular flexibility index (Phi) is 5.53. The van der Waals surface area contributed by atoms with E-state index < -0.39 is 5.41 Å². The number of methoxy groups -OCH3 is 2. The molecule has 1 saturated carbocycles. The van der Waals surface area contributed by atoms with Crippen LogP contribution in [0, 0.1) is 0 Å². The van der Waals surface area contributed by atoms with Crippen molar-refractivity contribution >= 4 is 34.6 Å². The molecule has 1 spiro atoms. The number of benzene rings is 3. The van der Waals surface area contributed by atoms with Gasteiger partial charge in [-0.1, -0.05) is 42.5 Å². The Morgan fingerprint density at radius 3 is 2.51 bits per heavy atom. The summed E-state index contributed by atoms with van der Waals surface area (Å²) in [6, 6.07) is 18.7. The topological polar surface area (TPSA) is 79.5 Å². The first-order chi connectivity index (χ1) is 17.9. The Labute approximate surface area is 216 Å². The van der Waals surface area contributed by atoms with Gasteiger partial charge < -0.3 is 19.7 Å². The lowest BCUT2D eigenvalue weighted by Gasteiger charge is -2.13. The van der Waals surface area contributed by atoms with Gasteiger partial charge in [0.15, 0.2) is 11.5 Å². The zero-order valence-electron chi connectivity index (χ0n) is 21.5. The molecule has 3 aromatic carbocycles. The largest absolute Gasteiger partial charge is 0.493 e. The molecule has 1 fully saturated rings. The number of amides is 1. The van der Waals surface area contributed by atoms with Gasteiger partial charge in [0, 0.05) is 29.6 Å². The Bertz CT molecular complexity index is 1540. The molecule has 6 rings (SSSR count). The van der Waals surface area contributed by atoms with Crippen LogP contribution in [-0.2, 0) is 16.8 Å². The highest BCUT2D eigenvalue weighted by Crippen LogP contribution is 2.66. The van der Waals surface area contributed by atoms with Crippen LogP contribution in [0.15, 0.2) is 54.6 Å². The highest BCUT2D eigenvalue weighted by atomic mass is 16.5. The van der Waals surface area contributed by atoms with Gasteiger partial charge in [0.25, 0.3) is 0 Å². The Balaban J connectivity index is 1.25. The van der Waals surface area contributed by atoms with Crippen LogP contribution in [0.4, 0.5) is 5.69 Å². The van der Waals surface area contributed by atoms with Gasteiger partial charge in [-0.3, -0.25) is 9.89 Å². The number of anilines is 1. The van der Waals surface area contributed by atoms with Crippen LogP contribution >= 0.6 is 0 Å². The molecule has 0 saturated heterocycles. The predicted octanol–water partition coefficient (Wildman–Crippen LogP) is 5.19. The van der Waals surface area contributed by atoms with Crippen molar-refractivity contribution in [3.8, 4) is 11.5 Å². The van der Waals surface area contributed by atoms with E-state index in [1.807, 2.05) is 18.2 Å². The molecule has 2 N–H and O–H groups in total. The maximum Gasteiger partial charge on any atom is 0.235 e. The first kappa shape index (κ1) is 23.3. The minimum atomic E-state index is -0.565. The minimum absolute atomic E-state index is 0.0349. The molecule has 7 nitrogen and oxygen atoms in total. The van der Waals surface area contributed by atoms with Crippen molar-refractivity contribution in [1.82, 2.24) is 15.1 Å². The van der Waals surface area contributed by atoms with E-state index in [0.29, 0.717) is 11.5 Å². The number of ether oxygens (including phenoxy) is 2. The summed E-state index contributed by atoms with van der Waals surface area (Å²) in [4.78, 5) is 15.3. The molecule has 2 aliphatic rings. The molecule has 2 atom stereocenters. The quantitative estimate of drug-likeness (QED) is 0.370. The maximum absolute atomic E-state index is 13.1. The lowest BCUT2D eigenvalue weighted by Crippen LogP contribution is -2.21. The predicted molar refractivity (Wildman–Crippen MR) is 146 cm³/mol. The summed E-state index contributed by atoms with van der Waals surface area (Å²) in [5.74, 6) is 1.38. The van der Waals surface area contributed by atoms with E-state index >= 15 is 0 Å². The standard InChI is InChI=1S/C30H30N4O3/c1-34(2)17-19-7-5-18(6-8-19)9-12-24-21-11-10-20(13-25(21)33-32-24)23-16-30(23)22-14-27(36-3)28(37-4)15-26(22)31-29(30)35/h5-15,23H,16-17H2,1-4H3,(H,31,35)(H,32,33)/b12-9+/t23-,30?/m0/s1. The highest BCUT2D eigenvalue weighted by molar-refractivity contribution is 6.10. The Morgan fingerprint density at radius 1 is 1.03 bits per heavy atom. The molecule has 0 radical (unpaired) electrons. The number of nitrogens with one attached hydrogen (secondary N) is 2. The summed E-state index contributed by atoms with van der Waals surface area (Å²) in [5.41, 5.74) is 6.61. The third-order valence-corrected chi connectivity index (χ3v) is 7.55. The molecule has 37 heavy (non-hydrogen) atoms. The number of hydrogen-bond donors (Lipinski definition) is 2. The lowest BCUT2D eigenvalue weighted by molar-refractivity contribution is -0.118. The molecule has 4 aromatic rings. The van der Waals surface area contributed by atoms with Gasteiger partial charge in [0.1, 0.15) is 0 Å². The van der Waals surface area contributed by atoms with Gasteiger partial charge in [0.2, 0.25) is 5.91 Å². The van der Waals surface area contributed by atoms with E-state index in [2.05, 4.69) is 83.0 Å². The third-order valence-electron chi connectivity index (χ3n) is 7.55. The van der Waals surface area contributed by atoms with E-state index in [4.69, 9.17) is 9.47 Å². The first-order valence-electron chi connectivity index (χ1n) is 12.4. The van der Waals surface area contributed by atoms with Crippen molar-refractivity contribution in [3.05, 3.63) is 82.5 Å². The summed E-state index contributed by atoms with van der Waals surface area (Å²) in [7, 11) is 7.35. The van der Waals surface area contributed by atoms with Gasteiger partial charge in [-0.25, -0.2) is 0 Å². The van der Waals surface area contributed by atoms with Gasteiger partial charge in [-0.15, -0.1) is 0 Å². The summed E-state index contributed by atoms with van der Waals surface area (Å²) < 4.78 is 10.9. The van der Waals surface area contributed by atoms with Crippen LogP contribution in [-0.4, -0.2) is 49.3 Å². The maximum atomic E-state index is 13.1. The minimum Gasteiger partial charge on any atom is -0.493 e. The fourth-order valence-electron chi connectivity index (χ4n) is 5.60. The van der Waals surface area contributed by atoms with Crippen molar-refractivity contribution in [1.29, 1.82) is 0 Å². The van der Waals surface area contributed by atoms with Gasteiger partial charge in [0.05, 0.1) is 30.8 Å². The molecule has 1 aliphatic heterocycles. The number of carbonyl (C=O) groups is 1. The van der Waals surface area contributed by atoms with Crippen molar-refractivity contribution in [2.75, 3.05) is 33.6 Å². The molecule has 188 valence electrons. The number of H-pyrrole nitrogens is 1. The number of hydrogen-bond acceptors (Lipinski definition) is 5. The fourth-order valence-corrected chi connectivity index (χ4v) is 5.60. The molecular formula is C30H30N4O3. The monoisotopic (exact) mass is 494 g/mol. The average molecular weight is 495 g/mol. The van der Waals surface area contributed by atoms with E-state index in [9.17, 15) is 4.79 Å². The van der Waals surface area contributed by atoms with Crippen molar-refractivity contribution in [3.63, 3.8) is 0 Å². The zero-order chi connectivity index (χ0) is 25.7. The molecule has 1 aliphatic carbocycles. The summed E-state index contributed by atoms with van der Waals surface area (Å²) in [5, 5.41) is 11.8. The Hall–Kier alpha value is -4.10. The van der Waals surface area contributed by atoms with Crippen LogP contribution in [0.2, 0.25) is 0 Å². The highest BCUT2D eigenvalue weighted by Gasteiger charge is 2.65. The van der Waals surface area contributed by atoms with Crippen LogP contribution < -0.4 is 14.8 Å².